The van der Waals surface area contributed by atoms with Crippen molar-refractivity contribution >= 4 is 17.8 Å². The van der Waals surface area contributed by atoms with E-state index in [1.807, 2.05) is 0 Å². The Morgan fingerprint density at radius 3 is 1.90 bits per heavy atom. The summed E-state index contributed by atoms with van der Waals surface area (Å²) in [6.45, 7) is -0.290. The van der Waals surface area contributed by atoms with Gasteiger partial charge in [0, 0.05) is 31.3 Å². The number of aliphatic carboxylic acids is 1. The monoisotopic (exact) mass is 290 g/mol. The Morgan fingerprint density at radius 1 is 1.05 bits per heavy atom. The summed E-state index contributed by atoms with van der Waals surface area (Å²) in [6, 6.07) is 6.33. The van der Waals surface area contributed by atoms with Crippen LogP contribution in [0, 0.1) is 0 Å². The molecule has 1 fully saturated rings. The van der Waals surface area contributed by atoms with Gasteiger partial charge in [0.15, 0.2) is 0 Å². The summed E-state index contributed by atoms with van der Waals surface area (Å²) in [5.41, 5.74) is 0.895. The van der Waals surface area contributed by atoms with E-state index in [1.54, 1.807) is 38.4 Å². The van der Waals surface area contributed by atoms with Crippen LogP contribution in [0.5, 0.6) is 0 Å². The minimum absolute atomic E-state index is 0.0247. The second-order valence-corrected chi connectivity index (χ2v) is 5.33. The van der Waals surface area contributed by atoms with Gasteiger partial charge in [-0.15, -0.1) is 0 Å². The van der Waals surface area contributed by atoms with Crippen molar-refractivity contribution in [3.8, 4) is 0 Å². The molecule has 0 atom stereocenters. The van der Waals surface area contributed by atoms with Gasteiger partial charge in [0.1, 0.15) is 6.54 Å². The Hall–Kier alpha value is -2.37. The second kappa shape index (κ2) is 5.95. The summed E-state index contributed by atoms with van der Waals surface area (Å²) in [5, 5.41) is 8.89. The largest absolute Gasteiger partial charge is 0.480 e. The molecule has 1 aromatic rings. The van der Waals surface area contributed by atoms with Crippen LogP contribution in [-0.2, 0) is 4.79 Å². The fourth-order valence-electron chi connectivity index (χ4n) is 2.08. The fourth-order valence-corrected chi connectivity index (χ4v) is 2.08. The first-order chi connectivity index (χ1) is 9.90. The molecular weight excluding hydrogens is 272 g/mol. The van der Waals surface area contributed by atoms with Crippen molar-refractivity contribution in [3.63, 3.8) is 0 Å². The van der Waals surface area contributed by atoms with Crippen molar-refractivity contribution in [1.82, 2.24) is 9.80 Å². The van der Waals surface area contributed by atoms with Gasteiger partial charge < -0.3 is 14.9 Å². The highest BCUT2D eigenvalue weighted by Gasteiger charge is 2.34. The van der Waals surface area contributed by atoms with Crippen LogP contribution in [0.15, 0.2) is 24.3 Å². The number of hydrogen-bond donors (Lipinski definition) is 1. The summed E-state index contributed by atoms with van der Waals surface area (Å²) in [7, 11) is 3.31. The summed E-state index contributed by atoms with van der Waals surface area (Å²) in [4.78, 5) is 37.8. The molecule has 21 heavy (non-hydrogen) atoms. The third-order valence-corrected chi connectivity index (χ3v) is 3.34. The molecule has 2 amide bonds. The molecule has 6 heteroatoms. The normalized spacial score (nSPS) is 13.6. The SMILES string of the molecule is CN(C)C(=O)c1ccc(C(=O)N(CC(=O)O)C2CC2)cc1. The Kier molecular flexibility index (Phi) is 4.26. The van der Waals surface area contributed by atoms with E-state index in [-0.39, 0.29) is 24.4 Å². The van der Waals surface area contributed by atoms with Gasteiger partial charge in [-0.3, -0.25) is 14.4 Å². The topological polar surface area (TPSA) is 77.9 Å². The quantitative estimate of drug-likeness (QED) is 0.880. The molecule has 1 aliphatic rings. The first kappa shape index (κ1) is 15.0. The van der Waals surface area contributed by atoms with Crippen LogP contribution in [0.1, 0.15) is 33.6 Å². The van der Waals surface area contributed by atoms with Crippen LogP contribution in [-0.4, -0.2) is 59.4 Å². The van der Waals surface area contributed by atoms with E-state index in [1.165, 1.54) is 9.80 Å². The molecule has 0 saturated heterocycles. The van der Waals surface area contributed by atoms with E-state index < -0.39 is 5.97 Å². The zero-order chi connectivity index (χ0) is 15.6. The van der Waals surface area contributed by atoms with Crippen LogP contribution in [0.3, 0.4) is 0 Å². The van der Waals surface area contributed by atoms with Gasteiger partial charge in [0.25, 0.3) is 11.8 Å². The number of hydrogen-bond acceptors (Lipinski definition) is 3. The molecule has 1 N–H and O–H groups in total. The van der Waals surface area contributed by atoms with E-state index in [0.717, 1.165) is 12.8 Å². The van der Waals surface area contributed by atoms with E-state index in [4.69, 9.17) is 5.11 Å². The lowest BCUT2D eigenvalue weighted by Crippen LogP contribution is -2.37. The van der Waals surface area contributed by atoms with E-state index in [0.29, 0.717) is 11.1 Å². The molecular formula is C15H18N2O4. The molecule has 0 heterocycles. The summed E-state index contributed by atoms with van der Waals surface area (Å²) >= 11 is 0. The molecule has 0 bridgehead atoms. The van der Waals surface area contributed by atoms with Crippen molar-refractivity contribution in [2.45, 2.75) is 18.9 Å². The minimum Gasteiger partial charge on any atom is -0.480 e. The Labute approximate surface area is 123 Å². The van der Waals surface area contributed by atoms with Gasteiger partial charge in [0.05, 0.1) is 0 Å². The van der Waals surface area contributed by atoms with Crippen molar-refractivity contribution in [2.75, 3.05) is 20.6 Å². The van der Waals surface area contributed by atoms with E-state index in [2.05, 4.69) is 0 Å². The van der Waals surface area contributed by atoms with E-state index in [9.17, 15) is 14.4 Å². The molecule has 2 rings (SSSR count). The van der Waals surface area contributed by atoms with Crippen LogP contribution >= 0.6 is 0 Å². The maximum absolute atomic E-state index is 12.3. The lowest BCUT2D eigenvalue weighted by molar-refractivity contribution is -0.137. The molecule has 1 saturated carbocycles. The smallest absolute Gasteiger partial charge is 0.323 e. The number of carboxylic acids is 1. The van der Waals surface area contributed by atoms with Gasteiger partial charge in [-0.2, -0.15) is 0 Å². The molecule has 1 aromatic carbocycles. The lowest BCUT2D eigenvalue weighted by atomic mass is 10.1. The van der Waals surface area contributed by atoms with Gasteiger partial charge in [-0.1, -0.05) is 0 Å². The molecule has 112 valence electrons. The molecule has 0 unspecified atom stereocenters. The predicted octanol–water partition coefficient (Wildman–Crippen LogP) is 1.08. The van der Waals surface area contributed by atoms with Gasteiger partial charge in [0.2, 0.25) is 0 Å². The summed E-state index contributed by atoms with van der Waals surface area (Å²) in [5.74, 6) is -1.46. The molecule has 0 aliphatic heterocycles. The molecule has 0 spiro atoms. The summed E-state index contributed by atoms with van der Waals surface area (Å²) < 4.78 is 0. The first-order valence-corrected chi connectivity index (χ1v) is 6.74. The third-order valence-electron chi connectivity index (χ3n) is 3.34. The second-order valence-electron chi connectivity index (χ2n) is 5.33. The number of amides is 2. The average molecular weight is 290 g/mol. The van der Waals surface area contributed by atoms with Gasteiger partial charge >= 0.3 is 5.97 Å². The maximum atomic E-state index is 12.3. The maximum Gasteiger partial charge on any atom is 0.323 e. The Balaban J connectivity index is 2.15. The summed E-state index contributed by atoms with van der Waals surface area (Å²) in [6.07, 6.45) is 1.69. The number of nitrogens with zero attached hydrogens (tertiary/aromatic N) is 2. The third kappa shape index (κ3) is 3.59. The molecule has 1 aliphatic carbocycles. The van der Waals surface area contributed by atoms with Crippen molar-refractivity contribution in [3.05, 3.63) is 35.4 Å². The molecule has 0 aromatic heterocycles. The number of benzene rings is 1. The van der Waals surface area contributed by atoms with Crippen molar-refractivity contribution in [2.24, 2.45) is 0 Å². The van der Waals surface area contributed by atoms with Gasteiger partial charge in [-0.25, -0.2) is 0 Å². The van der Waals surface area contributed by atoms with Crippen LogP contribution in [0.4, 0.5) is 0 Å². The van der Waals surface area contributed by atoms with Gasteiger partial charge in [-0.05, 0) is 37.1 Å². The molecule has 0 radical (unpaired) electrons. The first-order valence-electron chi connectivity index (χ1n) is 6.74. The number of rotatable bonds is 5. The zero-order valence-electron chi connectivity index (χ0n) is 12.1. The number of carboxylic acid groups (broad SMARTS) is 1. The van der Waals surface area contributed by atoms with E-state index >= 15 is 0 Å². The number of carbonyl (C=O) groups is 3. The highest BCUT2D eigenvalue weighted by atomic mass is 16.4. The molecule has 6 nitrogen and oxygen atoms in total. The Bertz CT molecular complexity index is 562. The Morgan fingerprint density at radius 2 is 1.52 bits per heavy atom. The predicted molar refractivity (Wildman–Crippen MR) is 76.2 cm³/mol. The average Bonchev–Trinajstić information content (AvgIpc) is 3.27. The lowest BCUT2D eigenvalue weighted by Gasteiger charge is -2.20. The van der Waals surface area contributed by atoms with Crippen LogP contribution in [0.2, 0.25) is 0 Å². The highest BCUT2D eigenvalue weighted by molar-refractivity contribution is 5.98. The fraction of sp³-hybridized carbons (Fsp3) is 0.400. The van der Waals surface area contributed by atoms with Crippen LogP contribution in [0.25, 0.3) is 0 Å². The highest BCUT2D eigenvalue weighted by Crippen LogP contribution is 2.28. The van der Waals surface area contributed by atoms with Crippen molar-refractivity contribution in [1.29, 1.82) is 0 Å². The zero-order valence-corrected chi connectivity index (χ0v) is 12.1. The van der Waals surface area contributed by atoms with Crippen LogP contribution < -0.4 is 0 Å². The van der Waals surface area contributed by atoms with Crippen molar-refractivity contribution < 1.29 is 19.5 Å². The number of carbonyl (C=O) groups excluding carboxylic acids is 2. The standard InChI is InChI=1S/C15H18N2O4/c1-16(2)14(20)10-3-5-11(6-4-10)15(21)17(9-13(18)19)12-7-8-12/h3-6,12H,7-9H2,1-2H3,(H,18,19). The minimum atomic E-state index is -1.02.